The minimum absolute atomic E-state index is 0.0635. The molecule has 166 valence electrons. The molecule has 0 radical (unpaired) electrons. The van der Waals surface area contributed by atoms with Crippen LogP contribution in [0.5, 0.6) is 5.75 Å². The van der Waals surface area contributed by atoms with Crippen molar-refractivity contribution in [3.8, 4) is 5.75 Å². The first-order valence-electron chi connectivity index (χ1n) is 10.6. The molecule has 1 saturated carbocycles. The lowest BCUT2D eigenvalue weighted by molar-refractivity contribution is -0.140. The van der Waals surface area contributed by atoms with E-state index in [2.05, 4.69) is 32.5 Å². The number of hydrogen-bond acceptors (Lipinski definition) is 4. The van der Waals surface area contributed by atoms with Gasteiger partial charge in [0.05, 0.1) is 18.4 Å². The minimum atomic E-state index is -2.88. The lowest BCUT2D eigenvalue weighted by Crippen LogP contribution is -2.43. The van der Waals surface area contributed by atoms with Crippen LogP contribution in [0.15, 0.2) is 41.4 Å². The number of ether oxygens (including phenoxy) is 1. The number of allylic oxidation sites excluding steroid dienone is 2. The summed E-state index contributed by atoms with van der Waals surface area (Å²) in [5.74, 6) is 0.503. The van der Waals surface area contributed by atoms with Crippen molar-refractivity contribution < 1.29 is 23.1 Å². The molecule has 4 unspecified atom stereocenters. The quantitative estimate of drug-likeness (QED) is 0.285. The van der Waals surface area contributed by atoms with Crippen molar-refractivity contribution in [2.24, 2.45) is 28.7 Å². The molecular formula is C22H26F2N4O3. The van der Waals surface area contributed by atoms with E-state index in [1.165, 1.54) is 17.0 Å². The Morgan fingerprint density at radius 1 is 1.19 bits per heavy atom. The van der Waals surface area contributed by atoms with Crippen LogP contribution in [0.1, 0.15) is 18.9 Å². The number of carbonyl (C=O) groups is 2. The van der Waals surface area contributed by atoms with Gasteiger partial charge in [0.1, 0.15) is 5.75 Å². The summed E-state index contributed by atoms with van der Waals surface area (Å²) in [6, 6.07) is 6.38. The summed E-state index contributed by atoms with van der Waals surface area (Å²) < 4.78 is 29.2. The number of nitrogens with zero attached hydrogens (tertiary/aromatic N) is 2. The second-order valence-electron chi connectivity index (χ2n) is 7.98. The van der Waals surface area contributed by atoms with Crippen LogP contribution in [0, 0.1) is 23.7 Å². The molecule has 1 aromatic carbocycles. The van der Waals surface area contributed by atoms with Crippen LogP contribution >= 0.6 is 0 Å². The third-order valence-electron chi connectivity index (χ3n) is 6.08. The number of nitrogens with one attached hydrogen (secondary N) is 2. The van der Waals surface area contributed by atoms with Crippen LogP contribution in [0.25, 0.3) is 0 Å². The van der Waals surface area contributed by atoms with Gasteiger partial charge < -0.3 is 15.4 Å². The molecule has 7 nitrogen and oxygen atoms in total. The number of aliphatic imine (C=N–C) groups is 1. The number of fused-ring (bicyclic) bond motifs is 5. The molecular weight excluding hydrogens is 406 g/mol. The lowest BCUT2D eigenvalue weighted by atomic mass is 9.85. The second kappa shape index (κ2) is 9.03. The van der Waals surface area contributed by atoms with Crippen LogP contribution in [-0.4, -0.2) is 48.9 Å². The highest BCUT2D eigenvalue weighted by Gasteiger charge is 2.58. The Balaban J connectivity index is 1.32. The van der Waals surface area contributed by atoms with E-state index in [1.54, 1.807) is 12.1 Å². The normalized spacial score (nSPS) is 26.7. The number of guanidine groups is 1. The van der Waals surface area contributed by atoms with Gasteiger partial charge in [-0.15, -0.1) is 0 Å². The highest BCUT2D eigenvalue weighted by molar-refractivity contribution is 6.06. The number of hydrogen-bond donors (Lipinski definition) is 2. The van der Waals surface area contributed by atoms with Gasteiger partial charge in [-0.2, -0.15) is 8.78 Å². The van der Waals surface area contributed by atoms with Gasteiger partial charge in [-0.25, -0.2) is 4.99 Å². The summed E-state index contributed by atoms with van der Waals surface area (Å²) in [6.45, 7) is 0.592. The highest BCUT2D eigenvalue weighted by atomic mass is 19.3. The Bertz CT molecular complexity index is 874. The zero-order valence-corrected chi connectivity index (χ0v) is 17.3. The largest absolute Gasteiger partial charge is 0.435 e. The second-order valence-corrected chi connectivity index (χ2v) is 7.98. The fourth-order valence-electron chi connectivity index (χ4n) is 4.80. The first-order chi connectivity index (χ1) is 15.0. The average molecular weight is 432 g/mol. The third-order valence-corrected chi connectivity index (χ3v) is 6.08. The van der Waals surface area contributed by atoms with Crippen molar-refractivity contribution in [2.75, 3.05) is 19.6 Å². The van der Waals surface area contributed by atoms with Gasteiger partial charge >= 0.3 is 6.61 Å². The van der Waals surface area contributed by atoms with E-state index in [0.717, 1.165) is 12.0 Å². The van der Waals surface area contributed by atoms with Gasteiger partial charge in [0.2, 0.25) is 11.8 Å². The summed E-state index contributed by atoms with van der Waals surface area (Å²) in [4.78, 5) is 31.3. The van der Waals surface area contributed by atoms with Gasteiger partial charge in [-0.1, -0.05) is 24.3 Å². The van der Waals surface area contributed by atoms with E-state index in [0.29, 0.717) is 19.0 Å². The van der Waals surface area contributed by atoms with Crippen molar-refractivity contribution in [3.05, 3.63) is 42.0 Å². The van der Waals surface area contributed by atoms with Crippen molar-refractivity contribution in [3.63, 3.8) is 0 Å². The number of imide groups is 1. The molecule has 9 heteroatoms. The predicted molar refractivity (Wildman–Crippen MR) is 110 cm³/mol. The zero-order valence-electron chi connectivity index (χ0n) is 17.3. The molecule has 0 spiro atoms. The monoisotopic (exact) mass is 432 g/mol. The number of halogens is 2. The number of alkyl halides is 2. The number of amides is 2. The Hall–Kier alpha value is -2.97. The predicted octanol–water partition coefficient (Wildman–Crippen LogP) is 2.15. The Labute approximate surface area is 179 Å². The fourth-order valence-corrected chi connectivity index (χ4v) is 4.80. The molecule has 2 amide bonds. The topological polar surface area (TPSA) is 83.0 Å². The molecule has 31 heavy (non-hydrogen) atoms. The zero-order chi connectivity index (χ0) is 22.0. The SMILES string of the molecule is CCNC(=NCc1cccc(OC(F)F)c1)NCCN1C(=O)C2C3C=CC(C3)C2C1=O. The smallest absolute Gasteiger partial charge is 0.387 e. The molecule has 3 aliphatic rings. The maximum atomic E-state index is 12.7. The number of rotatable bonds is 8. The summed E-state index contributed by atoms with van der Waals surface area (Å²) in [5, 5.41) is 6.24. The van der Waals surface area contributed by atoms with E-state index in [9.17, 15) is 18.4 Å². The summed E-state index contributed by atoms with van der Waals surface area (Å²) in [5.41, 5.74) is 0.719. The summed E-state index contributed by atoms with van der Waals surface area (Å²) in [6.07, 6.45) is 5.08. The van der Waals surface area contributed by atoms with E-state index >= 15 is 0 Å². The average Bonchev–Trinajstić information content (AvgIpc) is 3.41. The highest BCUT2D eigenvalue weighted by Crippen LogP contribution is 2.52. The van der Waals surface area contributed by atoms with Crippen LogP contribution in [0.3, 0.4) is 0 Å². The number of benzene rings is 1. The summed E-state index contributed by atoms with van der Waals surface area (Å²) in [7, 11) is 0. The van der Waals surface area contributed by atoms with Crippen molar-refractivity contribution in [1.82, 2.24) is 15.5 Å². The molecule has 2 N–H and O–H groups in total. The molecule has 1 heterocycles. The first-order valence-corrected chi connectivity index (χ1v) is 10.6. The summed E-state index contributed by atoms with van der Waals surface area (Å²) >= 11 is 0. The molecule has 2 aliphatic carbocycles. The van der Waals surface area contributed by atoms with E-state index < -0.39 is 6.61 Å². The van der Waals surface area contributed by atoms with E-state index in [1.807, 2.05) is 6.92 Å². The van der Waals surface area contributed by atoms with Crippen LogP contribution in [-0.2, 0) is 16.1 Å². The van der Waals surface area contributed by atoms with Crippen molar-refractivity contribution in [1.29, 1.82) is 0 Å². The van der Waals surface area contributed by atoms with Crippen LogP contribution in [0.2, 0.25) is 0 Å². The van der Waals surface area contributed by atoms with Crippen molar-refractivity contribution in [2.45, 2.75) is 26.5 Å². The number of likely N-dealkylation sites (tertiary alicyclic amines) is 1. The molecule has 1 aliphatic heterocycles. The standard InChI is InChI=1S/C22H26F2N4O3/c1-2-25-22(27-12-13-4-3-5-16(10-13)31-21(23)24)26-8-9-28-19(29)17-14-6-7-15(11-14)18(17)20(28)30/h3-7,10,14-15,17-18,21H,2,8-9,11-12H2,1H3,(H2,25,26,27). The minimum Gasteiger partial charge on any atom is -0.435 e. The van der Waals surface area contributed by atoms with Crippen LogP contribution < -0.4 is 15.4 Å². The van der Waals surface area contributed by atoms with Crippen LogP contribution in [0.4, 0.5) is 8.78 Å². The Kier molecular flexibility index (Phi) is 6.20. The van der Waals surface area contributed by atoms with E-state index in [4.69, 9.17) is 0 Å². The molecule has 1 saturated heterocycles. The molecule has 2 bridgehead atoms. The van der Waals surface area contributed by atoms with Gasteiger partial charge in [0, 0.05) is 19.6 Å². The maximum Gasteiger partial charge on any atom is 0.387 e. The van der Waals surface area contributed by atoms with Gasteiger partial charge in [-0.3, -0.25) is 14.5 Å². The fraction of sp³-hybridized carbons (Fsp3) is 0.500. The van der Waals surface area contributed by atoms with E-state index in [-0.39, 0.29) is 54.3 Å². The Morgan fingerprint density at radius 3 is 2.55 bits per heavy atom. The molecule has 4 atom stereocenters. The van der Waals surface area contributed by atoms with Crippen molar-refractivity contribution >= 4 is 17.8 Å². The molecule has 0 aromatic heterocycles. The molecule has 2 fully saturated rings. The van der Waals surface area contributed by atoms with Gasteiger partial charge in [0.25, 0.3) is 0 Å². The molecule has 1 aromatic rings. The molecule has 4 rings (SSSR count). The van der Waals surface area contributed by atoms with Gasteiger partial charge in [-0.05, 0) is 42.9 Å². The first kappa shape index (κ1) is 21.3. The van der Waals surface area contributed by atoms with Gasteiger partial charge in [0.15, 0.2) is 5.96 Å². The lowest BCUT2D eigenvalue weighted by Gasteiger charge is -2.18. The maximum absolute atomic E-state index is 12.7. The Morgan fingerprint density at radius 2 is 1.90 bits per heavy atom. The third kappa shape index (κ3) is 4.40. The number of carbonyl (C=O) groups excluding carboxylic acids is 2.